The molecule has 1 aromatic rings. The summed E-state index contributed by atoms with van der Waals surface area (Å²) in [7, 11) is 2.30. The van der Waals surface area contributed by atoms with Gasteiger partial charge in [-0.05, 0) is 75.9 Å². The fourth-order valence-corrected chi connectivity index (χ4v) is 4.11. The predicted octanol–water partition coefficient (Wildman–Crippen LogP) is 3.78. The van der Waals surface area contributed by atoms with E-state index in [-0.39, 0.29) is 0 Å². The Hall–Kier alpha value is -0.860. The molecule has 2 aliphatic heterocycles. The van der Waals surface area contributed by atoms with Crippen LogP contribution in [0.1, 0.15) is 48.4 Å². The highest BCUT2D eigenvalue weighted by Crippen LogP contribution is 2.35. The van der Waals surface area contributed by atoms with E-state index in [2.05, 4.69) is 48.9 Å². The first-order valence-corrected chi connectivity index (χ1v) is 8.63. The molecule has 2 atom stereocenters. The number of hydrogen-bond donors (Lipinski definition) is 0. The second kappa shape index (κ2) is 6.50. The average molecular weight is 286 g/mol. The molecule has 0 aliphatic carbocycles. The summed E-state index contributed by atoms with van der Waals surface area (Å²) in [6.45, 7) is 9.67. The third-order valence-electron chi connectivity index (χ3n) is 5.52. The normalized spacial score (nSPS) is 28.1. The monoisotopic (exact) mass is 286 g/mol. The Morgan fingerprint density at radius 2 is 1.81 bits per heavy atom. The molecule has 2 heteroatoms. The van der Waals surface area contributed by atoms with Crippen molar-refractivity contribution < 1.29 is 0 Å². The quantitative estimate of drug-likeness (QED) is 0.834. The Bertz CT molecular complexity index is 476. The zero-order valence-electron chi connectivity index (χ0n) is 13.9. The van der Waals surface area contributed by atoms with Gasteiger partial charge < -0.3 is 4.90 Å². The Morgan fingerprint density at radius 3 is 2.52 bits per heavy atom. The van der Waals surface area contributed by atoms with Gasteiger partial charge in [-0.1, -0.05) is 24.6 Å². The molecular formula is C19H30N2. The summed E-state index contributed by atoms with van der Waals surface area (Å²) in [6, 6.07) is 7.65. The van der Waals surface area contributed by atoms with E-state index in [0.717, 1.165) is 5.92 Å². The molecule has 2 fully saturated rings. The third-order valence-corrected chi connectivity index (χ3v) is 5.52. The summed E-state index contributed by atoms with van der Waals surface area (Å²) in [5, 5.41) is 0. The molecule has 0 aromatic heterocycles. The van der Waals surface area contributed by atoms with E-state index in [1.165, 1.54) is 68.6 Å². The lowest BCUT2D eigenvalue weighted by Gasteiger charge is -2.28. The molecule has 0 amide bonds. The lowest BCUT2D eigenvalue weighted by Crippen LogP contribution is -2.34. The molecule has 1 aromatic carbocycles. The standard InChI is InChI=1S/C19H30N2/c1-15-7-8-18(11-16(15)2)19-12-17(13-20(19)3)14-21-9-5-4-6-10-21/h7-8,11,17,19H,4-6,9-10,12-14H2,1-3H3/t17-,19-/m1/s1. The van der Waals surface area contributed by atoms with Gasteiger partial charge >= 0.3 is 0 Å². The smallest absolute Gasteiger partial charge is 0.0348 e. The van der Waals surface area contributed by atoms with E-state index < -0.39 is 0 Å². The molecule has 0 N–H and O–H groups in total. The van der Waals surface area contributed by atoms with Gasteiger partial charge in [0.15, 0.2) is 0 Å². The summed E-state index contributed by atoms with van der Waals surface area (Å²) in [4.78, 5) is 5.27. The van der Waals surface area contributed by atoms with Gasteiger partial charge in [-0.3, -0.25) is 4.90 Å². The van der Waals surface area contributed by atoms with Gasteiger partial charge in [0, 0.05) is 19.1 Å². The zero-order chi connectivity index (χ0) is 14.8. The van der Waals surface area contributed by atoms with Gasteiger partial charge in [0.2, 0.25) is 0 Å². The SMILES string of the molecule is Cc1ccc([C@H]2C[C@@H](CN3CCCCC3)CN2C)cc1C. The molecule has 3 rings (SSSR count). The Balaban J connectivity index is 1.63. The van der Waals surface area contributed by atoms with Gasteiger partial charge in [-0.15, -0.1) is 0 Å². The minimum absolute atomic E-state index is 0.624. The third kappa shape index (κ3) is 3.49. The van der Waals surface area contributed by atoms with Crippen molar-refractivity contribution in [2.75, 3.05) is 33.2 Å². The van der Waals surface area contributed by atoms with Crippen LogP contribution in [0.5, 0.6) is 0 Å². The zero-order valence-corrected chi connectivity index (χ0v) is 13.9. The lowest BCUT2D eigenvalue weighted by molar-refractivity contribution is 0.196. The van der Waals surface area contributed by atoms with Crippen LogP contribution in [0.3, 0.4) is 0 Å². The summed E-state index contributed by atoms with van der Waals surface area (Å²) in [5.74, 6) is 0.847. The predicted molar refractivity (Wildman–Crippen MR) is 89.7 cm³/mol. The Labute approximate surface area is 130 Å². The van der Waals surface area contributed by atoms with Crippen LogP contribution in [0, 0.1) is 19.8 Å². The van der Waals surface area contributed by atoms with Crippen molar-refractivity contribution in [3.8, 4) is 0 Å². The van der Waals surface area contributed by atoms with Crippen molar-refractivity contribution in [3.63, 3.8) is 0 Å². The van der Waals surface area contributed by atoms with E-state index in [1.54, 1.807) is 0 Å². The van der Waals surface area contributed by atoms with Crippen LogP contribution in [0.4, 0.5) is 0 Å². The van der Waals surface area contributed by atoms with Crippen LogP contribution >= 0.6 is 0 Å². The number of benzene rings is 1. The summed E-state index contributed by atoms with van der Waals surface area (Å²) < 4.78 is 0. The molecule has 0 unspecified atom stereocenters. The molecule has 21 heavy (non-hydrogen) atoms. The first-order chi connectivity index (χ1) is 10.1. The highest BCUT2D eigenvalue weighted by atomic mass is 15.2. The molecule has 2 saturated heterocycles. The number of aryl methyl sites for hydroxylation is 2. The molecule has 0 radical (unpaired) electrons. The second-order valence-corrected chi connectivity index (χ2v) is 7.26. The number of hydrogen-bond acceptors (Lipinski definition) is 2. The topological polar surface area (TPSA) is 6.48 Å². The van der Waals surface area contributed by atoms with Gasteiger partial charge in [0.05, 0.1) is 0 Å². The van der Waals surface area contributed by atoms with Gasteiger partial charge in [0.1, 0.15) is 0 Å². The van der Waals surface area contributed by atoms with Gasteiger partial charge in [-0.25, -0.2) is 0 Å². The summed E-state index contributed by atoms with van der Waals surface area (Å²) in [6.07, 6.45) is 5.58. The lowest BCUT2D eigenvalue weighted by atomic mass is 9.96. The van der Waals surface area contributed by atoms with Crippen LogP contribution in [-0.2, 0) is 0 Å². The molecule has 2 heterocycles. The maximum absolute atomic E-state index is 2.70. The van der Waals surface area contributed by atoms with Crippen LogP contribution in [0.25, 0.3) is 0 Å². The average Bonchev–Trinajstić information content (AvgIpc) is 2.84. The van der Waals surface area contributed by atoms with E-state index in [9.17, 15) is 0 Å². The van der Waals surface area contributed by atoms with Crippen molar-refractivity contribution in [1.82, 2.24) is 9.80 Å². The largest absolute Gasteiger partial charge is 0.303 e. The second-order valence-electron chi connectivity index (χ2n) is 7.26. The van der Waals surface area contributed by atoms with Crippen molar-refractivity contribution in [2.45, 2.75) is 45.6 Å². The minimum atomic E-state index is 0.624. The number of rotatable bonds is 3. The molecule has 0 saturated carbocycles. The maximum atomic E-state index is 2.70. The minimum Gasteiger partial charge on any atom is -0.303 e. The van der Waals surface area contributed by atoms with Crippen molar-refractivity contribution in [1.29, 1.82) is 0 Å². The molecule has 2 nitrogen and oxygen atoms in total. The number of nitrogens with zero attached hydrogens (tertiary/aromatic N) is 2. The molecule has 0 spiro atoms. The molecule has 2 aliphatic rings. The first kappa shape index (κ1) is 15.1. The van der Waals surface area contributed by atoms with Crippen LogP contribution in [0.15, 0.2) is 18.2 Å². The number of likely N-dealkylation sites (tertiary alicyclic amines) is 2. The highest BCUT2D eigenvalue weighted by molar-refractivity contribution is 5.32. The first-order valence-electron chi connectivity index (χ1n) is 8.63. The van der Waals surface area contributed by atoms with Crippen LogP contribution < -0.4 is 0 Å². The van der Waals surface area contributed by atoms with E-state index in [4.69, 9.17) is 0 Å². The molecular weight excluding hydrogens is 256 g/mol. The molecule has 0 bridgehead atoms. The highest BCUT2D eigenvalue weighted by Gasteiger charge is 2.31. The van der Waals surface area contributed by atoms with E-state index in [1.807, 2.05) is 0 Å². The Morgan fingerprint density at radius 1 is 1.05 bits per heavy atom. The Kier molecular flexibility index (Phi) is 4.66. The van der Waals surface area contributed by atoms with Crippen molar-refractivity contribution >= 4 is 0 Å². The van der Waals surface area contributed by atoms with Gasteiger partial charge in [-0.2, -0.15) is 0 Å². The molecule has 116 valence electrons. The fourth-order valence-electron chi connectivity index (χ4n) is 4.11. The van der Waals surface area contributed by atoms with Crippen molar-refractivity contribution in [2.24, 2.45) is 5.92 Å². The van der Waals surface area contributed by atoms with E-state index >= 15 is 0 Å². The van der Waals surface area contributed by atoms with Crippen LogP contribution in [0.2, 0.25) is 0 Å². The number of piperidine rings is 1. The fraction of sp³-hybridized carbons (Fsp3) is 0.684. The van der Waals surface area contributed by atoms with Gasteiger partial charge in [0.25, 0.3) is 0 Å². The summed E-state index contributed by atoms with van der Waals surface area (Å²) in [5.41, 5.74) is 4.35. The summed E-state index contributed by atoms with van der Waals surface area (Å²) >= 11 is 0. The van der Waals surface area contributed by atoms with Crippen LogP contribution in [-0.4, -0.2) is 43.0 Å². The van der Waals surface area contributed by atoms with Crippen molar-refractivity contribution in [3.05, 3.63) is 34.9 Å². The van der Waals surface area contributed by atoms with E-state index in [0.29, 0.717) is 6.04 Å². The maximum Gasteiger partial charge on any atom is 0.0348 e.